The van der Waals surface area contributed by atoms with Crippen molar-refractivity contribution in [3.05, 3.63) is 29.6 Å². The molecule has 6 heteroatoms. The molecule has 0 aliphatic heterocycles. The fourth-order valence-electron chi connectivity index (χ4n) is 1.60. The van der Waals surface area contributed by atoms with Gasteiger partial charge in [0.25, 0.3) is 0 Å². The van der Waals surface area contributed by atoms with Gasteiger partial charge in [-0.25, -0.2) is 4.39 Å². The maximum Gasteiger partial charge on any atom is 0.191 e. The summed E-state index contributed by atoms with van der Waals surface area (Å²) in [5, 5.41) is 6.18. The summed E-state index contributed by atoms with van der Waals surface area (Å²) >= 11 is 0. The maximum atomic E-state index is 13.7. The number of benzene rings is 1. The second kappa shape index (κ2) is 9.14. The molecule has 0 atom stereocenters. The summed E-state index contributed by atoms with van der Waals surface area (Å²) in [6.07, 6.45) is 0. The third-order valence-electron chi connectivity index (χ3n) is 2.58. The molecule has 0 unspecified atom stereocenters. The molecular formula is C14H22FN3O2. The number of rotatable bonds is 7. The van der Waals surface area contributed by atoms with E-state index in [0.29, 0.717) is 32.3 Å². The Morgan fingerprint density at radius 3 is 2.75 bits per heavy atom. The van der Waals surface area contributed by atoms with Crippen molar-refractivity contribution in [2.24, 2.45) is 4.99 Å². The third kappa shape index (κ3) is 5.44. The molecule has 0 saturated carbocycles. The zero-order valence-corrected chi connectivity index (χ0v) is 12.2. The fourth-order valence-corrected chi connectivity index (χ4v) is 1.60. The van der Waals surface area contributed by atoms with E-state index in [-0.39, 0.29) is 11.6 Å². The number of nitrogens with one attached hydrogen (secondary N) is 2. The molecule has 0 aliphatic carbocycles. The van der Waals surface area contributed by atoms with Gasteiger partial charge in [0.1, 0.15) is 0 Å². The van der Waals surface area contributed by atoms with Gasteiger partial charge in [0, 0.05) is 27.2 Å². The monoisotopic (exact) mass is 283 g/mol. The van der Waals surface area contributed by atoms with Gasteiger partial charge in [-0.3, -0.25) is 4.99 Å². The molecule has 1 rings (SSSR count). The van der Waals surface area contributed by atoms with E-state index in [2.05, 4.69) is 15.6 Å². The van der Waals surface area contributed by atoms with E-state index in [9.17, 15) is 4.39 Å². The first-order valence-corrected chi connectivity index (χ1v) is 6.56. The Balaban J connectivity index is 2.50. The van der Waals surface area contributed by atoms with Gasteiger partial charge in [-0.15, -0.1) is 0 Å². The Kier molecular flexibility index (Phi) is 7.42. The Labute approximate surface area is 119 Å². The van der Waals surface area contributed by atoms with Crippen LogP contribution in [-0.4, -0.2) is 39.9 Å². The normalized spacial score (nSPS) is 11.3. The second-order valence-electron chi connectivity index (χ2n) is 4.04. The second-order valence-corrected chi connectivity index (χ2v) is 4.04. The molecule has 0 amide bonds. The molecule has 0 heterocycles. The number of hydrogen-bond donors (Lipinski definition) is 2. The summed E-state index contributed by atoms with van der Waals surface area (Å²) in [5.41, 5.74) is 0.820. The molecule has 0 radical (unpaired) electrons. The average molecular weight is 283 g/mol. The van der Waals surface area contributed by atoms with E-state index < -0.39 is 0 Å². The van der Waals surface area contributed by atoms with Gasteiger partial charge < -0.3 is 20.1 Å². The molecule has 112 valence electrons. The van der Waals surface area contributed by atoms with Crippen LogP contribution in [0.1, 0.15) is 12.5 Å². The van der Waals surface area contributed by atoms with Crippen LogP contribution < -0.4 is 15.4 Å². The highest BCUT2D eigenvalue weighted by Gasteiger charge is 2.04. The van der Waals surface area contributed by atoms with Crippen molar-refractivity contribution in [1.82, 2.24) is 10.6 Å². The molecular weight excluding hydrogens is 261 g/mol. The Bertz CT molecular complexity index is 438. The molecule has 0 aliphatic rings. The molecule has 0 aromatic heterocycles. The van der Waals surface area contributed by atoms with E-state index >= 15 is 0 Å². The SMILES string of the molecule is CCOc1ccc(CNC(=NC)NCCOC)cc1F. The highest BCUT2D eigenvalue weighted by atomic mass is 19.1. The van der Waals surface area contributed by atoms with Crippen molar-refractivity contribution in [3.63, 3.8) is 0 Å². The standard InChI is InChI=1S/C14H22FN3O2/c1-4-20-13-6-5-11(9-12(13)15)10-18-14(16-2)17-7-8-19-3/h5-6,9H,4,7-8,10H2,1-3H3,(H2,16,17,18). The van der Waals surface area contributed by atoms with E-state index in [1.807, 2.05) is 13.0 Å². The molecule has 0 saturated heterocycles. The zero-order chi connectivity index (χ0) is 14.8. The van der Waals surface area contributed by atoms with Crippen molar-refractivity contribution in [2.75, 3.05) is 33.9 Å². The van der Waals surface area contributed by atoms with E-state index in [1.54, 1.807) is 20.2 Å². The van der Waals surface area contributed by atoms with E-state index in [1.165, 1.54) is 6.07 Å². The van der Waals surface area contributed by atoms with Gasteiger partial charge in [-0.05, 0) is 24.6 Å². The van der Waals surface area contributed by atoms with Gasteiger partial charge in [0.2, 0.25) is 0 Å². The van der Waals surface area contributed by atoms with Crippen LogP contribution in [0, 0.1) is 5.82 Å². The number of methoxy groups -OCH3 is 1. The highest BCUT2D eigenvalue weighted by molar-refractivity contribution is 5.79. The molecule has 20 heavy (non-hydrogen) atoms. The number of hydrogen-bond acceptors (Lipinski definition) is 3. The first-order valence-electron chi connectivity index (χ1n) is 6.56. The van der Waals surface area contributed by atoms with Gasteiger partial charge in [0.05, 0.1) is 13.2 Å². The van der Waals surface area contributed by atoms with E-state index in [0.717, 1.165) is 5.56 Å². The first kappa shape index (κ1) is 16.2. The van der Waals surface area contributed by atoms with Crippen LogP contribution in [0.5, 0.6) is 5.75 Å². The quantitative estimate of drug-likeness (QED) is 0.453. The Hall–Kier alpha value is -1.82. The highest BCUT2D eigenvalue weighted by Crippen LogP contribution is 2.18. The predicted octanol–water partition coefficient (Wildman–Crippen LogP) is 1.54. The minimum atomic E-state index is -0.353. The molecule has 2 N–H and O–H groups in total. The summed E-state index contributed by atoms with van der Waals surface area (Å²) in [6, 6.07) is 4.92. The number of nitrogens with zero attached hydrogens (tertiary/aromatic N) is 1. The molecule has 0 fully saturated rings. The minimum absolute atomic E-state index is 0.277. The molecule has 5 nitrogen and oxygen atoms in total. The topological polar surface area (TPSA) is 54.9 Å². The lowest BCUT2D eigenvalue weighted by Gasteiger charge is -2.12. The zero-order valence-electron chi connectivity index (χ0n) is 12.2. The van der Waals surface area contributed by atoms with Crippen molar-refractivity contribution in [1.29, 1.82) is 0 Å². The smallest absolute Gasteiger partial charge is 0.191 e. The lowest BCUT2D eigenvalue weighted by molar-refractivity contribution is 0.203. The Morgan fingerprint density at radius 2 is 2.15 bits per heavy atom. The number of halogens is 1. The van der Waals surface area contributed by atoms with Crippen LogP contribution in [-0.2, 0) is 11.3 Å². The predicted molar refractivity (Wildman–Crippen MR) is 77.6 cm³/mol. The van der Waals surface area contributed by atoms with Crippen molar-refractivity contribution in [3.8, 4) is 5.75 Å². The summed E-state index contributed by atoms with van der Waals surface area (Å²) in [5.74, 6) is 0.573. The average Bonchev–Trinajstić information content (AvgIpc) is 2.45. The summed E-state index contributed by atoms with van der Waals surface area (Å²) < 4.78 is 23.8. The van der Waals surface area contributed by atoms with Crippen molar-refractivity contribution >= 4 is 5.96 Å². The third-order valence-corrected chi connectivity index (χ3v) is 2.58. The van der Waals surface area contributed by atoms with Crippen LogP contribution in [0.15, 0.2) is 23.2 Å². The van der Waals surface area contributed by atoms with Gasteiger partial charge >= 0.3 is 0 Å². The van der Waals surface area contributed by atoms with Gasteiger partial charge in [0.15, 0.2) is 17.5 Å². The van der Waals surface area contributed by atoms with Crippen LogP contribution in [0.2, 0.25) is 0 Å². The minimum Gasteiger partial charge on any atom is -0.491 e. The largest absolute Gasteiger partial charge is 0.491 e. The lowest BCUT2D eigenvalue weighted by atomic mass is 10.2. The van der Waals surface area contributed by atoms with Crippen LogP contribution in [0.3, 0.4) is 0 Å². The summed E-state index contributed by atoms with van der Waals surface area (Å²) in [4.78, 5) is 4.06. The van der Waals surface area contributed by atoms with Crippen molar-refractivity contribution in [2.45, 2.75) is 13.5 Å². The first-order chi connectivity index (χ1) is 9.71. The molecule has 0 bridgehead atoms. The maximum absolute atomic E-state index is 13.7. The number of guanidine groups is 1. The summed E-state index contributed by atoms with van der Waals surface area (Å²) in [6.45, 7) is 4.01. The Morgan fingerprint density at radius 1 is 1.35 bits per heavy atom. The summed E-state index contributed by atoms with van der Waals surface area (Å²) in [7, 11) is 3.32. The molecule has 1 aromatic carbocycles. The van der Waals surface area contributed by atoms with Crippen LogP contribution in [0.25, 0.3) is 0 Å². The number of aliphatic imine (C=N–C) groups is 1. The van der Waals surface area contributed by atoms with Crippen LogP contribution >= 0.6 is 0 Å². The molecule has 1 aromatic rings. The fraction of sp³-hybridized carbons (Fsp3) is 0.500. The number of ether oxygens (including phenoxy) is 2. The van der Waals surface area contributed by atoms with Crippen LogP contribution in [0.4, 0.5) is 4.39 Å². The van der Waals surface area contributed by atoms with Gasteiger partial charge in [-0.2, -0.15) is 0 Å². The van der Waals surface area contributed by atoms with E-state index in [4.69, 9.17) is 9.47 Å². The van der Waals surface area contributed by atoms with Crippen molar-refractivity contribution < 1.29 is 13.9 Å². The van der Waals surface area contributed by atoms with Gasteiger partial charge in [-0.1, -0.05) is 6.07 Å². The molecule has 0 spiro atoms. The lowest BCUT2D eigenvalue weighted by Crippen LogP contribution is -2.38.